The number of rotatable bonds is 6. The standard InChI is InChI=1S/C18H17N3O3/c1-23-15-9-7-14(8-10-15)20-12-13(11-19)18(22)21-16-5-3-4-6-17(16)24-2/h3-10,12,20H,1-2H3,(H,21,22)/b13-12-. The molecule has 0 atom stereocenters. The first-order chi connectivity index (χ1) is 11.7. The van der Waals surface area contributed by atoms with E-state index in [2.05, 4.69) is 10.6 Å². The zero-order chi connectivity index (χ0) is 17.4. The molecule has 0 aromatic heterocycles. The van der Waals surface area contributed by atoms with Gasteiger partial charge in [-0.2, -0.15) is 5.26 Å². The second-order valence-corrected chi connectivity index (χ2v) is 4.70. The van der Waals surface area contributed by atoms with Gasteiger partial charge in [0.05, 0.1) is 19.9 Å². The molecule has 0 heterocycles. The van der Waals surface area contributed by atoms with Gasteiger partial charge in [0.25, 0.3) is 5.91 Å². The van der Waals surface area contributed by atoms with Crippen LogP contribution in [0.3, 0.4) is 0 Å². The van der Waals surface area contributed by atoms with Gasteiger partial charge in [0.2, 0.25) is 0 Å². The van der Waals surface area contributed by atoms with Gasteiger partial charge < -0.3 is 20.1 Å². The summed E-state index contributed by atoms with van der Waals surface area (Å²) in [4.78, 5) is 12.2. The van der Waals surface area contributed by atoms with Crippen LogP contribution < -0.4 is 20.1 Å². The minimum atomic E-state index is -0.525. The maximum Gasteiger partial charge on any atom is 0.267 e. The average Bonchev–Trinajstić information content (AvgIpc) is 2.63. The lowest BCUT2D eigenvalue weighted by molar-refractivity contribution is -0.112. The highest BCUT2D eigenvalue weighted by Gasteiger charge is 2.11. The Labute approximate surface area is 140 Å². The zero-order valence-electron chi connectivity index (χ0n) is 13.4. The largest absolute Gasteiger partial charge is 0.497 e. The van der Waals surface area contributed by atoms with Crippen molar-refractivity contribution >= 4 is 17.3 Å². The van der Waals surface area contributed by atoms with Crippen LogP contribution in [0.4, 0.5) is 11.4 Å². The summed E-state index contributed by atoms with van der Waals surface area (Å²) in [6.07, 6.45) is 1.35. The van der Waals surface area contributed by atoms with Crippen molar-refractivity contribution in [2.24, 2.45) is 0 Å². The maximum absolute atomic E-state index is 12.2. The third kappa shape index (κ3) is 4.27. The third-order valence-electron chi connectivity index (χ3n) is 3.19. The Morgan fingerprint density at radius 1 is 1.08 bits per heavy atom. The Kier molecular flexibility index (Phi) is 5.81. The molecule has 0 aliphatic rings. The van der Waals surface area contributed by atoms with E-state index in [-0.39, 0.29) is 5.57 Å². The smallest absolute Gasteiger partial charge is 0.267 e. The molecule has 2 N–H and O–H groups in total. The molecule has 0 bridgehead atoms. The normalized spacial score (nSPS) is 10.5. The van der Waals surface area contributed by atoms with Gasteiger partial charge in [0, 0.05) is 11.9 Å². The van der Waals surface area contributed by atoms with E-state index in [1.54, 1.807) is 55.6 Å². The molecule has 0 aliphatic carbocycles. The van der Waals surface area contributed by atoms with Crippen molar-refractivity contribution in [3.05, 3.63) is 60.3 Å². The van der Waals surface area contributed by atoms with Crippen molar-refractivity contribution in [3.8, 4) is 17.6 Å². The summed E-state index contributed by atoms with van der Waals surface area (Å²) in [6, 6.07) is 16.0. The molecule has 0 aliphatic heterocycles. The number of hydrogen-bond donors (Lipinski definition) is 2. The van der Waals surface area contributed by atoms with Gasteiger partial charge in [-0.15, -0.1) is 0 Å². The number of nitriles is 1. The van der Waals surface area contributed by atoms with Gasteiger partial charge in [0.1, 0.15) is 23.1 Å². The zero-order valence-corrected chi connectivity index (χ0v) is 13.4. The van der Waals surface area contributed by atoms with E-state index in [0.29, 0.717) is 11.4 Å². The van der Waals surface area contributed by atoms with Crippen molar-refractivity contribution in [2.75, 3.05) is 24.9 Å². The molecule has 0 fully saturated rings. The Morgan fingerprint density at radius 3 is 2.42 bits per heavy atom. The second-order valence-electron chi connectivity index (χ2n) is 4.70. The van der Waals surface area contributed by atoms with Crippen LogP contribution in [0.1, 0.15) is 0 Å². The Hall–Kier alpha value is -3.46. The second kappa shape index (κ2) is 8.25. The number of carbonyl (C=O) groups excluding carboxylic acids is 1. The number of carbonyl (C=O) groups is 1. The molecule has 24 heavy (non-hydrogen) atoms. The summed E-state index contributed by atoms with van der Waals surface area (Å²) in [5.41, 5.74) is 1.17. The van der Waals surface area contributed by atoms with Gasteiger partial charge >= 0.3 is 0 Å². The topological polar surface area (TPSA) is 83.4 Å². The summed E-state index contributed by atoms with van der Waals surface area (Å²) in [6.45, 7) is 0. The van der Waals surface area contributed by atoms with Crippen LogP contribution in [0, 0.1) is 11.3 Å². The number of ether oxygens (including phenoxy) is 2. The van der Waals surface area contributed by atoms with Gasteiger partial charge in [-0.3, -0.25) is 4.79 Å². The Bertz CT molecular complexity index is 777. The molecule has 2 aromatic carbocycles. The molecule has 6 nitrogen and oxygen atoms in total. The predicted octanol–water partition coefficient (Wildman–Crippen LogP) is 3.16. The molecule has 0 spiro atoms. The van der Waals surface area contributed by atoms with E-state index >= 15 is 0 Å². The number of methoxy groups -OCH3 is 2. The van der Waals surface area contributed by atoms with Crippen LogP contribution in [0.15, 0.2) is 60.3 Å². The number of amides is 1. The summed E-state index contributed by atoms with van der Waals surface area (Å²) < 4.78 is 10.2. The summed E-state index contributed by atoms with van der Waals surface area (Å²) in [7, 11) is 3.09. The lowest BCUT2D eigenvalue weighted by Crippen LogP contribution is -2.15. The van der Waals surface area contributed by atoms with E-state index in [4.69, 9.17) is 9.47 Å². The highest BCUT2D eigenvalue weighted by atomic mass is 16.5. The van der Waals surface area contributed by atoms with Gasteiger partial charge in [0.15, 0.2) is 0 Å². The first-order valence-corrected chi connectivity index (χ1v) is 7.13. The first kappa shape index (κ1) is 16.9. The number of hydrogen-bond acceptors (Lipinski definition) is 5. The van der Waals surface area contributed by atoms with Crippen molar-refractivity contribution in [1.29, 1.82) is 5.26 Å². The summed E-state index contributed by atoms with van der Waals surface area (Å²) in [5, 5.41) is 14.8. The van der Waals surface area contributed by atoms with Crippen molar-refractivity contribution in [1.82, 2.24) is 0 Å². The molecule has 1 amide bonds. The molecule has 122 valence electrons. The predicted molar refractivity (Wildman–Crippen MR) is 91.9 cm³/mol. The van der Waals surface area contributed by atoms with Crippen LogP contribution in [-0.4, -0.2) is 20.1 Å². The lowest BCUT2D eigenvalue weighted by Gasteiger charge is -2.09. The third-order valence-corrected chi connectivity index (χ3v) is 3.19. The molecule has 0 radical (unpaired) electrons. The molecular formula is C18H17N3O3. The van der Waals surface area contributed by atoms with Gasteiger partial charge in [-0.05, 0) is 36.4 Å². The number of nitrogens with zero attached hydrogens (tertiary/aromatic N) is 1. The summed E-state index contributed by atoms with van der Waals surface area (Å²) in [5.74, 6) is 0.716. The average molecular weight is 323 g/mol. The van der Waals surface area contributed by atoms with Crippen LogP contribution in [0.25, 0.3) is 0 Å². The first-order valence-electron chi connectivity index (χ1n) is 7.13. The molecule has 0 unspecified atom stereocenters. The molecule has 6 heteroatoms. The summed E-state index contributed by atoms with van der Waals surface area (Å²) >= 11 is 0. The fourth-order valence-electron chi connectivity index (χ4n) is 1.93. The van der Waals surface area contributed by atoms with Crippen LogP contribution in [0.5, 0.6) is 11.5 Å². The van der Waals surface area contributed by atoms with Gasteiger partial charge in [-0.1, -0.05) is 12.1 Å². The number of para-hydroxylation sites is 2. The van der Waals surface area contributed by atoms with E-state index in [1.165, 1.54) is 13.3 Å². The molecule has 0 saturated heterocycles. The Morgan fingerprint density at radius 2 is 1.79 bits per heavy atom. The van der Waals surface area contributed by atoms with Gasteiger partial charge in [-0.25, -0.2) is 0 Å². The number of benzene rings is 2. The van der Waals surface area contributed by atoms with E-state index in [1.807, 2.05) is 6.07 Å². The molecule has 2 rings (SSSR count). The molecule has 0 saturated carbocycles. The fourth-order valence-corrected chi connectivity index (χ4v) is 1.93. The van der Waals surface area contributed by atoms with Crippen LogP contribution in [0.2, 0.25) is 0 Å². The Balaban J connectivity index is 2.09. The van der Waals surface area contributed by atoms with E-state index in [0.717, 1.165) is 11.4 Å². The lowest BCUT2D eigenvalue weighted by atomic mass is 10.2. The maximum atomic E-state index is 12.2. The molecular weight excluding hydrogens is 306 g/mol. The van der Waals surface area contributed by atoms with E-state index < -0.39 is 5.91 Å². The van der Waals surface area contributed by atoms with Crippen LogP contribution >= 0.6 is 0 Å². The van der Waals surface area contributed by atoms with Crippen molar-refractivity contribution in [2.45, 2.75) is 0 Å². The quantitative estimate of drug-likeness (QED) is 0.630. The minimum Gasteiger partial charge on any atom is -0.497 e. The minimum absolute atomic E-state index is 0.0586. The monoisotopic (exact) mass is 323 g/mol. The van der Waals surface area contributed by atoms with Crippen LogP contribution in [-0.2, 0) is 4.79 Å². The van der Waals surface area contributed by atoms with Crippen molar-refractivity contribution in [3.63, 3.8) is 0 Å². The SMILES string of the molecule is COc1ccc(N/C=C(/C#N)C(=O)Nc2ccccc2OC)cc1. The van der Waals surface area contributed by atoms with Crippen molar-refractivity contribution < 1.29 is 14.3 Å². The highest BCUT2D eigenvalue weighted by Crippen LogP contribution is 2.23. The highest BCUT2D eigenvalue weighted by molar-refractivity contribution is 6.07. The number of anilines is 2. The molecule has 2 aromatic rings. The number of nitrogens with one attached hydrogen (secondary N) is 2. The fraction of sp³-hybridized carbons (Fsp3) is 0.111. The van der Waals surface area contributed by atoms with E-state index in [9.17, 15) is 10.1 Å².